The van der Waals surface area contributed by atoms with Gasteiger partial charge in [-0.1, -0.05) is 31.2 Å². The quantitative estimate of drug-likeness (QED) is 0.242. The average Bonchev–Trinajstić information content (AvgIpc) is 3.24. The van der Waals surface area contributed by atoms with Crippen LogP contribution in [0.2, 0.25) is 0 Å². The van der Waals surface area contributed by atoms with Gasteiger partial charge in [0.2, 0.25) is 15.8 Å². The maximum absolute atomic E-state index is 15.2. The number of sulfonamides is 1. The van der Waals surface area contributed by atoms with Gasteiger partial charge in [0.15, 0.2) is 5.82 Å². The Morgan fingerprint density at radius 2 is 1.78 bits per heavy atom. The number of hydrogen-bond acceptors (Lipinski definition) is 5. The lowest BCUT2D eigenvalue weighted by Crippen LogP contribution is -2.18. The molecule has 0 spiro atoms. The van der Waals surface area contributed by atoms with Crippen LogP contribution in [0.15, 0.2) is 54.9 Å². The topological polar surface area (TPSA) is 109 Å². The molecule has 2 aromatic carbocycles. The molecule has 0 radical (unpaired) electrons. The van der Waals surface area contributed by atoms with E-state index in [2.05, 4.69) is 14.7 Å². The summed E-state index contributed by atoms with van der Waals surface area (Å²) in [6, 6.07) is 10.6. The highest BCUT2D eigenvalue weighted by Gasteiger charge is 2.26. The summed E-state index contributed by atoms with van der Waals surface area (Å²) in [5, 5.41) is 1.06. The molecule has 0 aliphatic carbocycles. The van der Waals surface area contributed by atoms with Crippen LogP contribution in [-0.4, -0.2) is 43.3 Å². The minimum Gasteiger partial charge on any atom is -0.345 e. The molecule has 2 heterocycles. The van der Waals surface area contributed by atoms with Crippen LogP contribution in [0.3, 0.4) is 0 Å². The third-order valence-electron chi connectivity index (χ3n) is 5.65. The summed E-state index contributed by atoms with van der Waals surface area (Å²) in [6.07, 6.45) is 3.20. The number of carbonyl (C=O) groups is 1. The van der Waals surface area contributed by atoms with Crippen molar-refractivity contribution in [2.24, 2.45) is 0 Å². The van der Waals surface area contributed by atoms with Gasteiger partial charge in [-0.2, -0.15) is 0 Å². The van der Waals surface area contributed by atoms with E-state index >= 15 is 4.39 Å². The van der Waals surface area contributed by atoms with Gasteiger partial charge >= 0.3 is 0 Å². The molecule has 36 heavy (non-hydrogen) atoms. The Kier molecular flexibility index (Phi) is 6.86. The summed E-state index contributed by atoms with van der Waals surface area (Å²) in [6.45, 7) is 5.00. The number of benzene rings is 2. The monoisotopic (exact) mass is 531 g/mol. The predicted molar refractivity (Wildman–Crippen MR) is 138 cm³/mol. The molecule has 4 aromatic rings. The van der Waals surface area contributed by atoms with Crippen molar-refractivity contribution in [3.63, 3.8) is 0 Å². The molecule has 0 saturated heterocycles. The number of pyridine rings is 1. The first kappa shape index (κ1) is 25.7. The van der Waals surface area contributed by atoms with Gasteiger partial charge in [0.1, 0.15) is 18.6 Å². The highest BCUT2D eigenvalue weighted by Crippen LogP contribution is 2.35. The number of anilines is 1. The molecule has 0 amide bonds. The van der Waals surface area contributed by atoms with Crippen LogP contribution in [0.1, 0.15) is 29.3 Å². The fourth-order valence-corrected chi connectivity index (χ4v) is 5.82. The smallest absolute Gasteiger partial charge is 0.232 e. The standard InChI is InChI=1S/C25H24F2N3O4PS/c1-4-11-36(33,34)30-21-10-9-20(26)22(23(21)27)24(31)19-14-29-25-18(19)12-16(13-28-25)15-5-7-17(8-6-15)35(2,3)32/h5-10,12-14,30H,4,11H2,1-3H3,(H,28,29). The summed E-state index contributed by atoms with van der Waals surface area (Å²) in [5.74, 6) is -3.62. The molecule has 0 fully saturated rings. The summed E-state index contributed by atoms with van der Waals surface area (Å²) in [4.78, 5) is 20.4. The number of fused-ring (bicyclic) bond motifs is 1. The molecule has 0 unspecified atom stereocenters. The third kappa shape index (κ3) is 5.10. The summed E-state index contributed by atoms with van der Waals surface area (Å²) in [7, 11) is -6.28. The second kappa shape index (κ2) is 9.59. The second-order valence-corrected chi connectivity index (χ2v) is 13.8. The van der Waals surface area contributed by atoms with Gasteiger partial charge in [-0.3, -0.25) is 9.52 Å². The fraction of sp³-hybridized carbons (Fsp3) is 0.200. The van der Waals surface area contributed by atoms with Gasteiger partial charge in [0.05, 0.1) is 17.0 Å². The van der Waals surface area contributed by atoms with Crippen LogP contribution < -0.4 is 10.0 Å². The molecular weight excluding hydrogens is 507 g/mol. The number of halogens is 2. The maximum Gasteiger partial charge on any atom is 0.232 e. The summed E-state index contributed by atoms with van der Waals surface area (Å²) < 4.78 is 68.4. The minimum atomic E-state index is -3.86. The van der Waals surface area contributed by atoms with E-state index in [1.165, 1.54) is 6.20 Å². The van der Waals surface area contributed by atoms with Gasteiger partial charge in [0, 0.05) is 34.2 Å². The lowest BCUT2D eigenvalue weighted by atomic mass is 10.00. The maximum atomic E-state index is 15.2. The van der Waals surface area contributed by atoms with Crippen LogP contribution in [0, 0.1) is 11.6 Å². The van der Waals surface area contributed by atoms with Crippen molar-refractivity contribution in [2.75, 3.05) is 23.8 Å². The van der Waals surface area contributed by atoms with E-state index in [0.29, 0.717) is 23.0 Å². The highest BCUT2D eigenvalue weighted by molar-refractivity contribution is 7.92. The molecule has 0 atom stereocenters. The molecule has 2 aromatic heterocycles. The van der Waals surface area contributed by atoms with Crippen molar-refractivity contribution in [2.45, 2.75) is 13.3 Å². The Balaban J connectivity index is 1.75. The number of aromatic nitrogens is 2. The molecule has 0 aliphatic heterocycles. The number of nitrogens with one attached hydrogen (secondary N) is 2. The highest BCUT2D eigenvalue weighted by atomic mass is 32.2. The third-order valence-corrected chi connectivity index (χ3v) is 8.67. The van der Waals surface area contributed by atoms with E-state index in [1.54, 1.807) is 56.8 Å². The number of hydrogen-bond donors (Lipinski definition) is 2. The lowest BCUT2D eigenvalue weighted by Gasteiger charge is -2.11. The van der Waals surface area contributed by atoms with Gasteiger partial charge in [0.25, 0.3) is 0 Å². The van der Waals surface area contributed by atoms with E-state index in [9.17, 15) is 22.2 Å². The molecule has 0 aliphatic rings. The molecular formula is C25H24F2N3O4PS. The van der Waals surface area contributed by atoms with Crippen LogP contribution in [0.25, 0.3) is 22.2 Å². The summed E-state index contributed by atoms with van der Waals surface area (Å²) in [5.41, 5.74) is 0.345. The molecule has 4 rings (SSSR count). The van der Waals surface area contributed by atoms with Gasteiger partial charge in [-0.05, 0) is 43.5 Å². The lowest BCUT2D eigenvalue weighted by molar-refractivity contribution is 0.103. The SMILES string of the molecule is CCCS(=O)(=O)Nc1ccc(F)c(C(=O)c2c[nH]c3ncc(-c4ccc(P(C)(C)=O)cc4)cc23)c1F. The van der Waals surface area contributed by atoms with Crippen molar-refractivity contribution < 1.29 is 26.6 Å². The number of aromatic amines is 1. The fourth-order valence-electron chi connectivity index (χ4n) is 3.82. The summed E-state index contributed by atoms with van der Waals surface area (Å²) >= 11 is 0. The van der Waals surface area contributed by atoms with E-state index in [1.807, 2.05) is 0 Å². The zero-order chi connectivity index (χ0) is 26.3. The van der Waals surface area contributed by atoms with Crippen molar-refractivity contribution in [1.82, 2.24) is 9.97 Å². The number of carbonyl (C=O) groups excluding carboxylic acids is 1. The normalized spacial score (nSPS) is 12.1. The molecule has 0 bridgehead atoms. The first-order valence-corrected chi connectivity index (χ1v) is 15.3. The largest absolute Gasteiger partial charge is 0.345 e. The Hall–Kier alpha value is -3.36. The Morgan fingerprint density at radius 3 is 2.42 bits per heavy atom. The zero-order valence-electron chi connectivity index (χ0n) is 19.8. The van der Waals surface area contributed by atoms with Crippen molar-refractivity contribution in [3.05, 3.63) is 77.6 Å². The van der Waals surface area contributed by atoms with E-state index in [-0.39, 0.29) is 11.3 Å². The number of nitrogens with zero attached hydrogens (tertiary/aromatic N) is 1. The van der Waals surface area contributed by atoms with Crippen LogP contribution in [-0.2, 0) is 14.6 Å². The first-order valence-electron chi connectivity index (χ1n) is 11.1. The molecule has 2 N–H and O–H groups in total. The van der Waals surface area contributed by atoms with E-state index in [4.69, 9.17) is 0 Å². The van der Waals surface area contributed by atoms with E-state index < -0.39 is 45.8 Å². The number of H-pyrrole nitrogens is 1. The molecule has 7 nitrogen and oxygen atoms in total. The minimum absolute atomic E-state index is 0.0195. The van der Waals surface area contributed by atoms with Gasteiger partial charge in [-0.25, -0.2) is 22.2 Å². The van der Waals surface area contributed by atoms with Gasteiger partial charge in [-0.15, -0.1) is 0 Å². The number of rotatable bonds is 8. The Bertz CT molecular complexity index is 1630. The van der Waals surface area contributed by atoms with Crippen molar-refractivity contribution >= 4 is 45.0 Å². The van der Waals surface area contributed by atoms with Gasteiger partial charge < -0.3 is 9.55 Å². The van der Waals surface area contributed by atoms with Crippen LogP contribution in [0.4, 0.5) is 14.5 Å². The molecule has 0 saturated carbocycles. The number of ketones is 1. The van der Waals surface area contributed by atoms with Crippen molar-refractivity contribution in [1.29, 1.82) is 0 Å². The first-order chi connectivity index (χ1) is 16.9. The van der Waals surface area contributed by atoms with Crippen LogP contribution >= 0.6 is 7.14 Å². The zero-order valence-corrected chi connectivity index (χ0v) is 21.5. The average molecular weight is 532 g/mol. The molecule has 188 valence electrons. The second-order valence-electron chi connectivity index (χ2n) is 8.75. The van der Waals surface area contributed by atoms with E-state index in [0.717, 1.165) is 23.0 Å². The predicted octanol–water partition coefficient (Wildman–Crippen LogP) is 5.14. The Morgan fingerprint density at radius 1 is 1.08 bits per heavy atom. The Labute approximate surface area is 207 Å². The molecule has 11 heteroatoms. The van der Waals surface area contributed by atoms with Crippen molar-refractivity contribution in [3.8, 4) is 11.1 Å². The van der Waals surface area contributed by atoms with Crippen LogP contribution in [0.5, 0.6) is 0 Å².